The molecular formula is C22H40IN5O2. The highest BCUT2D eigenvalue weighted by Gasteiger charge is 2.19. The van der Waals surface area contributed by atoms with Crippen molar-refractivity contribution in [1.82, 2.24) is 20.4 Å². The summed E-state index contributed by atoms with van der Waals surface area (Å²) in [5.74, 6) is 1.96. The molecule has 3 heterocycles. The zero-order valence-electron chi connectivity index (χ0n) is 18.5. The monoisotopic (exact) mass is 533 g/mol. The fourth-order valence-corrected chi connectivity index (χ4v) is 4.03. The van der Waals surface area contributed by atoms with Gasteiger partial charge in [0.25, 0.3) is 0 Å². The van der Waals surface area contributed by atoms with E-state index in [0.29, 0.717) is 6.04 Å². The number of likely N-dealkylation sites (tertiary alicyclic amines) is 1. The van der Waals surface area contributed by atoms with Crippen LogP contribution in [-0.4, -0.2) is 87.4 Å². The highest BCUT2D eigenvalue weighted by molar-refractivity contribution is 14.0. The molecule has 1 aromatic heterocycles. The normalized spacial score (nSPS) is 19.4. The summed E-state index contributed by atoms with van der Waals surface area (Å²) in [4.78, 5) is 9.91. The van der Waals surface area contributed by atoms with Crippen molar-refractivity contribution in [3.8, 4) is 0 Å². The first-order valence-electron chi connectivity index (χ1n) is 11.4. The Labute approximate surface area is 199 Å². The topological polar surface area (TPSA) is 65.3 Å². The first kappa shape index (κ1) is 25.4. The van der Waals surface area contributed by atoms with Gasteiger partial charge in [0, 0.05) is 58.3 Å². The van der Waals surface area contributed by atoms with Crippen LogP contribution in [0.1, 0.15) is 38.4 Å². The van der Waals surface area contributed by atoms with E-state index < -0.39 is 0 Å². The van der Waals surface area contributed by atoms with Crippen LogP contribution in [0.3, 0.4) is 0 Å². The minimum atomic E-state index is 0. The first-order valence-corrected chi connectivity index (χ1v) is 11.4. The molecule has 0 spiro atoms. The second kappa shape index (κ2) is 15.0. The van der Waals surface area contributed by atoms with Crippen LogP contribution in [-0.2, 0) is 11.2 Å². The molecule has 0 bridgehead atoms. The molecule has 30 heavy (non-hydrogen) atoms. The van der Waals surface area contributed by atoms with E-state index in [-0.39, 0.29) is 24.0 Å². The molecule has 0 amide bonds. The maximum atomic E-state index is 5.44. The average Bonchev–Trinajstić information content (AvgIpc) is 3.27. The van der Waals surface area contributed by atoms with Crippen molar-refractivity contribution in [3.63, 3.8) is 0 Å². The van der Waals surface area contributed by atoms with E-state index in [1.54, 1.807) is 6.26 Å². The molecule has 0 saturated carbocycles. The van der Waals surface area contributed by atoms with Crippen LogP contribution in [0.5, 0.6) is 0 Å². The summed E-state index contributed by atoms with van der Waals surface area (Å²) in [5, 5.41) is 7.20. The largest absolute Gasteiger partial charge is 0.469 e. The van der Waals surface area contributed by atoms with E-state index in [2.05, 4.69) is 27.4 Å². The van der Waals surface area contributed by atoms with Crippen molar-refractivity contribution in [2.45, 2.75) is 45.1 Å². The third-order valence-corrected chi connectivity index (χ3v) is 5.72. The second-order valence-electron chi connectivity index (χ2n) is 8.05. The highest BCUT2D eigenvalue weighted by Crippen LogP contribution is 2.10. The lowest BCUT2D eigenvalue weighted by Crippen LogP contribution is -2.49. The molecule has 0 radical (unpaired) electrons. The Kier molecular flexibility index (Phi) is 12.7. The zero-order valence-corrected chi connectivity index (χ0v) is 20.8. The number of rotatable bonds is 10. The fourth-order valence-electron chi connectivity index (χ4n) is 4.03. The number of morpholine rings is 1. The number of furan rings is 1. The first-order chi connectivity index (χ1) is 14.3. The minimum absolute atomic E-state index is 0. The van der Waals surface area contributed by atoms with E-state index in [0.717, 1.165) is 70.5 Å². The van der Waals surface area contributed by atoms with Crippen LogP contribution in [0.25, 0.3) is 0 Å². The quantitative estimate of drug-likeness (QED) is 0.209. The number of ether oxygens (including phenoxy) is 1. The highest BCUT2D eigenvalue weighted by atomic mass is 127. The second-order valence-corrected chi connectivity index (χ2v) is 8.05. The van der Waals surface area contributed by atoms with Gasteiger partial charge in [0.15, 0.2) is 5.96 Å². The number of hydrogen-bond acceptors (Lipinski definition) is 5. The molecule has 0 unspecified atom stereocenters. The van der Waals surface area contributed by atoms with Gasteiger partial charge in [0.1, 0.15) is 5.76 Å². The van der Waals surface area contributed by atoms with Gasteiger partial charge in [-0.3, -0.25) is 9.89 Å². The molecule has 2 fully saturated rings. The lowest BCUT2D eigenvalue weighted by atomic mass is 10.1. The van der Waals surface area contributed by atoms with Gasteiger partial charge in [-0.15, -0.1) is 24.0 Å². The zero-order chi connectivity index (χ0) is 20.2. The number of hydrogen-bond donors (Lipinski definition) is 2. The van der Waals surface area contributed by atoms with E-state index in [1.165, 1.54) is 38.9 Å². The Morgan fingerprint density at radius 3 is 2.60 bits per heavy atom. The third kappa shape index (κ3) is 9.53. The number of nitrogens with zero attached hydrogens (tertiary/aromatic N) is 3. The molecule has 7 nitrogen and oxygen atoms in total. The van der Waals surface area contributed by atoms with Gasteiger partial charge in [-0.2, -0.15) is 0 Å². The molecule has 2 N–H and O–H groups in total. The van der Waals surface area contributed by atoms with Crippen LogP contribution >= 0.6 is 24.0 Å². The van der Waals surface area contributed by atoms with Crippen molar-refractivity contribution in [1.29, 1.82) is 0 Å². The molecule has 1 aromatic rings. The number of piperidine rings is 1. The number of nitrogens with one attached hydrogen (secondary N) is 2. The van der Waals surface area contributed by atoms with Gasteiger partial charge < -0.3 is 24.7 Å². The third-order valence-electron chi connectivity index (χ3n) is 5.72. The smallest absolute Gasteiger partial charge is 0.191 e. The van der Waals surface area contributed by atoms with Gasteiger partial charge in [-0.1, -0.05) is 6.92 Å². The summed E-state index contributed by atoms with van der Waals surface area (Å²) >= 11 is 0. The summed E-state index contributed by atoms with van der Waals surface area (Å²) in [6, 6.07) is 4.48. The molecule has 2 aliphatic heterocycles. The van der Waals surface area contributed by atoms with Gasteiger partial charge in [0.05, 0.1) is 19.5 Å². The van der Waals surface area contributed by atoms with E-state index in [1.807, 2.05) is 12.1 Å². The fraction of sp³-hybridized carbons (Fsp3) is 0.773. The predicted octanol–water partition coefficient (Wildman–Crippen LogP) is 2.57. The van der Waals surface area contributed by atoms with Crippen molar-refractivity contribution in [2.75, 3.05) is 65.6 Å². The summed E-state index contributed by atoms with van der Waals surface area (Å²) in [5.41, 5.74) is 0. The van der Waals surface area contributed by atoms with Crippen molar-refractivity contribution in [2.24, 2.45) is 4.99 Å². The molecule has 3 rings (SSSR count). The van der Waals surface area contributed by atoms with Crippen LogP contribution in [0, 0.1) is 0 Å². The molecule has 0 atom stereocenters. The van der Waals surface area contributed by atoms with E-state index in [9.17, 15) is 0 Å². The van der Waals surface area contributed by atoms with Crippen LogP contribution in [0.2, 0.25) is 0 Å². The minimum Gasteiger partial charge on any atom is -0.469 e. The summed E-state index contributed by atoms with van der Waals surface area (Å²) in [7, 11) is 0. The van der Waals surface area contributed by atoms with Crippen molar-refractivity contribution in [3.05, 3.63) is 24.2 Å². The Hall–Kier alpha value is -0.840. The van der Waals surface area contributed by atoms with Crippen LogP contribution in [0.4, 0.5) is 0 Å². The molecule has 0 aromatic carbocycles. The Morgan fingerprint density at radius 2 is 1.90 bits per heavy atom. The van der Waals surface area contributed by atoms with E-state index in [4.69, 9.17) is 14.1 Å². The lowest BCUT2D eigenvalue weighted by molar-refractivity contribution is 0.0377. The summed E-state index contributed by atoms with van der Waals surface area (Å²) in [6.07, 6.45) is 7.30. The average molecular weight is 533 g/mol. The van der Waals surface area contributed by atoms with Crippen molar-refractivity contribution >= 4 is 29.9 Å². The molecule has 2 saturated heterocycles. The van der Waals surface area contributed by atoms with Gasteiger partial charge >= 0.3 is 0 Å². The SMILES string of the molecule is CCCN1CCC(NC(=NCCCN2CCOCC2)NCCc2ccco2)CC1.I. The van der Waals surface area contributed by atoms with E-state index >= 15 is 0 Å². The predicted molar refractivity (Wildman–Crippen MR) is 133 cm³/mol. The molecular weight excluding hydrogens is 493 g/mol. The summed E-state index contributed by atoms with van der Waals surface area (Å²) in [6.45, 7) is 12.4. The van der Waals surface area contributed by atoms with Crippen LogP contribution in [0.15, 0.2) is 27.8 Å². The number of aliphatic imine (C=N–C) groups is 1. The molecule has 172 valence electrons. The maximum Gasteiger partial charge on any atom is 0.191 e. The van der Waals surface area contributed by atoms with Crippen molar-refractivity contribution < 1.29 is 9.15 Å². The van der Waals surface area contributed by atoms with Gasteiger partial charge in [-0.05, 0) is 44.4 Å². The Balaban J connectivity index is 0.00000320. The standard InChI is InChI=1S/C22H39N5O2.HI/c1-2-11-26-13-7-20(8-14-26)25-22(24-10-6-21-5-3-17-29-21)23-9-4-12-27-15-18-28-19-16-27;/h3,5,17,20H,2,4,6-16,18-19H2,1H3,(H2,23,24,25);1H. The maximum absolute atomic E-state index is 5.44. The number of guanidine groups is 1. The molecule has 2 aliphatic rings. The molecule has 8 heteroatoms. The van der Waals surface area contributed by atoms with Gasteiger partial charge in [-0.25, -0.2) is 0 Å². The lowest BCUT2D eigenvalue weighted by Gasteiger charge is -2.33. The Morgan fingerprint density at radius 1 is 1.13 bits per heavy atom. The molecule has 0 aliphatic carbocycles. The van der Waals surface area contributed by atoms with Gasteiger partial charge in [0.2, 0.25) is 0 Å². The Bertz CT molecular complexity index is 570. The van der Waals surface area contributed by atoms with Crippen LogP contribution < -0.4 is 10.6 Å². The summed E-state index contributed by atoms with van der Waals surface area (Å²) < 4.78 is 10.9. The number of halogens is 1.